The summed E-state index contributed by atoms with van der Waals surface area (Å²) >= 11 is 5.74. The number of alkyl halides is 1. The predicted molar refractivity (Wildman–Crippen MR) is 171 cm³/mol. The van der Waals surface area contributed by atoms with E-state index >= 15 is 0 Å². The Morgan fingerprint density at radius 3 is 0.789 bits per heavy atom. The molecule has 0 aromatic rings. The van der Waals surface area contributed by atoms with Gasteiger partial charge in [0.2, 0.25) is 0 Å². The molecule has 2 nitrogen and oxygen atoms in total. The van der Waals surface area contributed by atoms with Crippen LogP contribution in [0.3, 0.4) is 0 Å². The van der Waals surface area contributed by atoms with Crippen molar-refractivity contribution in [1.29, 1.82) is 0 Å². The van der Waals surface area contributed by atoms with E-state index < -0.39 is 11.3 Å². The van der Waals surface area contributed by atoms with E-state index in [1.54, 1.807) is 0 Å². The minimum absolute atomic E-state index is 0.608. The molecule has 1 N–H and O–H groups in total. The molecule has 3 heteroatoms. The molecular formula is C35H69ClO2. The van der Waals surface area contributed by atoms with Crippen LogP contribution in [0.2, 0.25) is 0 Å². The van der Waals surface area contributed by atoms with E-state index in [1.807, 2.05) is 0 Å². The van der Waals surface area contributed by atoms with E-state index in [0.717, 1.165) is 12.8 Å². The van der Waals surface area contributed by atoms with Crippen molar-refractivity contribution in [2.45, 2.75) is 218 Å². The quantitative estimate of drug-likeness (QED) is 0.0644. The summed E-state index contributed by atoms with van der Waals surface area (Å²) < 4.78 is 0. The smallest absolute Gasteiger partial charge is 0.321 e. The predicted octanol–water partition coefficient (Wildman–Crippen LogP) is 13.2. The third-order valence-electron chi connectivity index (χ3n) is 8.33. The Kier molecular flexibility index (Phi) is 32.8. The van der Waals surface area contributed by atoms with Gasteiger partial charge in [0.05, 0.1) is 0 Å². The molecule has 228 valence electrons. The second-order valence-corrected chi connectivity index (χ2v) is 12.7. The van der Waals surface area contributed by atoms with Crippen molar-refractivity contribution in [2.75, 3.05) is 0 Å². The van der Waals surface area contributed by atoms with Crippen molar-refractivity contribution in [3.8, 4) is 0 Å². The molecular weight excluding hydrogens is 488 g/mol. The summed E-state index contributed by atoms with van der Waals surface area (Å²) in [5, 5.41) is 8.07. The Bertz CT molecular complexity index is 453. The number of rotatable bonds is 33. The number of hydrogen-bond acceptors (Lipinski definition) is 1. The summed E-state index contributed by atoms with van der Waals surface area (Å²) in [6, 6.07) is 0. The lowest BCUT2D eigenvalue weighted by atomic mass is 10.0. The maximum Gasteiger partial charge on any atom is 0.321 e. The second kappa shape index (κ2) is 33.0. The van der Waals surface area contributed by atoms with Gasteiger partial charge in [-0.1, -0.05) is 206 Å². The van der Waals surface area contributed by atoms with Gasteiger partial charge in [0, 0.05) is 0 Å². The Labute approximate surface area is 244 Å². The molecule has 38 heavy (non-hydrogen) atoms. The number of unbranched alkanes of at least 4 members (excludes halogenated alkanes) is 30. The van der Waals surface area contributed by atoms with E-state index in [9.17, 15) is 4.79 Å². The highest BCUT2D eigenvalue weighted by Crippen LogP contribution is 2.17. The molecule has 0 bridgehead atoms. The number of carbonyl (C=O) groups is 1. The zero-order valence-corrected chi connectivity index (χ0v) is 26.7. The number of halogens is 1. The van der Waals surface area contributed by atoms with Gasteiger partial charge in [-0.15, -0.1) is 11.6 Å². The average Bonchev–Trinajstić information content (AvgIpc) is 2.91. The van der Waals surface area contributed by atoms with Crippen LogP contribution in [0.1, 0.15) is 212 Å². The van der Waals surface area contributed by atoms with E-state index in [1.165, 1.54) is 186 Å². The molecule has 0 rings (SSSR count). The third-order valence-corrected chi connectivity index (χ3v) is 8.73. The zero-order chi connectivity index (χ0) is 27.8. The molecule has 0 spiro atoms. The molecule has 1 unspecified atom stereocenters. The molecule has 0 aliphatic heterocycles. The number of aliphatic carboxylic acids is 1. The summed E-state index contributed by atoms with van der Waals surface area (Å²) in [5.41, 5.74) is 0. The maximum absolute atomic E-state index is 10.7. The van der Waals surface area contributed by atoms with Crippen LogP contribution in [0, 0.1) is 0 Å². The van der Waals surface area contributed by atoms with Crippen LogP contribution >= 0.6 is 11.6 Å². The van der Waals surface area contributed by atoms with Crippen molar-refractivity contribution in [1.82, 2.24) is 0 Å². The molecule has 0 heterocycles. The second-order valence-electron chi connectivity index (χ2n) is 12.2. The van der Waals surface area contributed by atoms with Gasteiger partial charge in [-0.05, 0) is 6.42 Å². The maximum atomic E-state index is 10.7. The molecule has 0 saturated carbocycles. The van der Waals surface area contributed by atoms with Gasteiger partial charge in [0.25, 0.3) is 0 Å². The molecule has 0 aromatic heterocycles. The average molecular weight is 557 g/mol. The minimum atomic E-state index is -0.878. The lowest BCUT2D eigenvalue weighted by molar-refractivity contribution is -0.136. The van der Waals surface area contributed by atoms with Crippen molar-refractivity contribution >= 4 is 17.6 Å². The first-order chi connectivity index (χ1) is 18.7. The van der Waals surface area contributed by atoms with Gasteiger partial charge < -0.3 is 5.11 Å². The summed E-state index contributed by atoms with van der Waals surface area (Å²) in [7, 11) is 0. The first-order valence-electron chi connectivity index (χ1n) is 17.5. The van der Waals surface area contributed by atoms with E-state index in [0.29, 0.717) is 6.42 Å². The highest BCUT2D eigenvalue weighted by Gasteiger charge is 2.11. The third kappa shape index (κ3) is 32.0. The Morgan fingerprint density at radius 1 is 0.421 bits per heavy atom. The molecule has 0 aromatic carbocycles. The fourth-order valence-corrected chi connectivity index (χ4v) is 5.80. The van der Waals surface area contributed by atoms with Gasteiger partial charge in [0.1, 0.15) is 5.38 Å². The van der Waals surface area contributed by atoms with Gasteiger partial charge in [-0.3, -0.25) is 4.79 Å². The standard InChI is InChI=1S/C35H69ClO2/c1-2-3-4-5-6-7-8-9-10-11-12-13-14-15-16-17-18-19-20-21-22-23-24-25-26-27-28-29-30-31-32-33-34(36)35(37)38/h34H,2-33H2,1H3,(H,37,38). The Balaban J connectivity index is 3.05. The number of hydrogen-bond donors (Lipinski definition) is 1. The van der Waals surface area contributed by atoms with Crippen molar-refractivity contribution in [2.24, 2.45) is 0 Å². The van der Waals surface area contributed by atoms with Gasteiger partial charge in [0.15, 0.2) is 0 Å². The topological polar surface area (TPSA) is 37.3 Å². The van der Waals surface area contributed by atoms with E-state index in [2.05, 4.69) is 6.92 Å². The van der Waals surface area contributed by atoms with Crippen molar-refractivity contribution in [3.05, 3.63) is 0 Å². The Morgan fingerprint density at radius 2 is 0.605 bits per heavy atom. The largest absolute Gasteiger partial charge is 0.480 e. The lowest BCUT2D eigenvalue weighted by Gasteiger charge is -2.05. The fraction of sp³-hybridized carbons (Fsp3) is 0.971. The molecule has 0 aliphatic rings. The summed E-state index contributed by atoms with van der Waals surface area (Å²) in [5.74, 6) is -0.878. The summed E-state index contributed by atoms with van der Waals surface area (Å²) in [4.78, 5) is 10.7. The molecule has 0 saturated heterocycles. The lowest BCUT2D eigenvalue weighted by Crippen LogP contribution is -2.12. The van der Waals surface area contributed by atoms with Gasteiger partial charge >= 0.3 is 5.97 Å². The van der Waals surface area contributed by atoms with Crippen LogP contribution in [0.15, 0.2) is 0 Å². The van der Waals surface area contributed by atoms with Crippen LogP contribution in [-0.2, 0) is 4.79 Å². The minimum Gasteiger partial charge on any atom is -0.480 e. The first-order valence-corrected chi connectivity index (χ1v) is 18.0. The van der Waals surface area contributed by atoms with Crippen molar-refractivity contribution in [3.63, 3.8) is 0 Å². The molecule has 0 amide bonds. The van der Waals surface area contributed by atoms with Crippen LogP contribution in [-0.4, -0.2) is 16.5 Å². The van der Waals surface area contributed by atoms with Crippen LogP contribution in [0.5, 0.6) is 0 Å². The SMILES string of the molecule is CCCCCCCCCCCCCCCCCCCCCCCCCCCCCCCCCC(Cl)C(=O)O. The van der Waals surface area contributed by atoms with E-state index in [-0.39, 0.29) is 0 Å². The normalized spacial score (nSPS) is 12.3. The van der Waals surface area contributed by atoms with E-state index in [4.69, 9.17) is 16.7 Å². The van der Waals surface area contributed by atoms with Crippen LogP contribution < -0.4 is 0 Å². The Hall–Kier alpha value is -0.240. The highest BCUT2D eigenvalue weighted by atomic mass is 35.5. The van der Waals surface area contributed by atoms with Gasteiger partial charge in [-0.2, -0.15) is 0 Å². The van der Waals surface area contributed by atoms with Crippen LogP contribution in [0.4, 0.5) is 0 Å². The van der Waals surface area contributed by atoms with Gasteiger partial charge in [-0.25, -0.2) is 0 Å². The van der Waals surface area contributed by atoms with Crippen LogP contribution in [0.25, 0.3) is 0 Å². The molecule has 1 atom stereocenters. The number of carboxylic acids is 1. The fourth-order valence-electron chi connectivity index (χ4n) is 5.65. The zero-order valence-electron chi connectivity index (χ0n) is 25.9. The molecule has 0 aliphatic carbocycles. The monoisotopic (exact) mass is 556 g/mol. The summed E-state index contributed by atoms with van der Waals surface area (Å²) in [6.45, 7) is 2.30. The number of carboxylic acid groups (broad SMARTS) is 1. The highest BCUT2D eigenvalue weighted by molar-refractivity contribution is 6.29. The first kappa shape index (κ1) is 37.8. The van der Waals surface area contributed by atoms with Crippen molar-refractivity contribution < 1.29 is 9.90 Å². The summed E-state index contributed by atoms with van der Waals surface area (Å²) in [6.07, 6.45) is 44.2. The molecule has 0 radical (unpaired) electrons. The molecule has 0 fully saturated rings.